The highest BCUT2D eigenvalue weighted by Crippen LogP contribution is 2.20. The summed E-state index contributed by atoms with van der Waals surface area (Å²) in [5.74, 6) is -0.480. The van der Waals surface area contributed by atoms with Crippen molar-refractivity contribution in [1.82, 2.24) is 10.2 Å². The maximum Gasteiger partial charge on any atom is 0.221 e. The Morgan fingerprint density at radius 3 is 2.70 bits per heavy atom. The molecule has 0 unspecified atom stereocenters. The fraction of sp³-hybridized carbons (Fsp3) is 0.429. The molecule has 1 N–H and O–H groups in total. The third-order valence-corrected chi connectivity index (χ3v) is 2.87. The molecule has 0 saturated heterocycles. The van der Waals surface area contributed by atoms with E-state index >= 15 is 0 Å². The van der Waals surface area contributed by atoms with Crippen LogP contribution in [0.15, 0.2) is 18.2 Å². The molecule has 20 heavy (non-hydrogen) atoms. The lowest BCUT2D eigenvalue weighted by Crippen LogP contribution is -2.30. The normalized spacial score (nSPS) is 10.4. The number of nitrogens with one attached hydrogen (secondary N) is 1. The number of rotatable bonds is 7. The minimum Gasteiger partial charge on any atom is -0.496 e. The molecule has 6 heteroatoms. The van der Waals surface area contributed by atoms with Gasteiger partial charge in [0.15, 0.2) is 5.78 Å². The molecule has 1 aromatic rings. The van der Waals surface area contributed by atoms with E-state index in [1.807, 2.05) is 0 Å². The standard InChI is InChI=1S/C14H19FN2O3/c1-16-14(19)6-7-17(2)9-12(18)11-8-10(15)4-5-13(11)20-3/h4-5,8H,6-7,9H2,1-3H3,(H,16,19). The monoisotopic (exact) mass is 282 g/mol. The minimum atomic E-state index is -0.484. The van der Waals surface area contributed by atoms with Crippen molar-refractivity contribution in [2.24, 2.45) is 0 Å². The Morgan fingerprint density at radius 1 is 1.40 bits per heavy atom. The molecule has 1 aromatic carbocycles. The molecule has 0 aliphatic rings. The number of likely N-dealkylation sites (N-methyl/N-ethyl adjacent to an activating group) is 1. The molecule has 0 heterocycles. The van der Waals surface area contributed by atoms with Crippen LogP contribution in [0, 0.1) is 5.82 Å². The molecule has 0 bridgehead atoms. The first kappa shape index (κ1) is 16.1. The Balaban J connectivity index is 2.66. The number of hydrogen-bond donors (Lipinski definition) is 1. The van der Waals surface area contributed by atoms with Gasteiger partial charge in [-0.3, -0.25) is 14.5 Å². The molecule has 1 rings (SSSR count). The van der Waals surface area contributed by atoms with Crippen LogP contribution < -0.4 is 10.1 Å². The van der Waals surface area contributed by atoms with Gasteiger partial charge >= 0.3 is 0 Å². The fourth-order valence-electron chi connectivity index (χ4n) is 1.72. The summed E-state index contributed by atoms with van der Waals surface area (Å²) in [5.41, 5.74) is 0.208. The van der Waals surface area contributed by atoms with Crippen LogP contribution in [0.25, 0.3) is 0 Å². The average Bonchev–Trinajstić information content (AvgIpc) is 2.44. The predicted octanol–water partition coefficient (Wildman–Crippen LogP) is 1.08. The lowest BCUT2D eigenvalue weighted by molar-refractivity contribution is -0.120. The van der Waals surface area contributed by atoms with Crippen LogP contribution in [0.1, 0.15) is 16.8 Å². The number of benzene rings is 1. The molecule has 0 aliphatic heterocycles. The van der Waals surface area contributed by atoms with Gasteiger partial charge in [-0.15, -0.1) is 0 Å². The molecule has 0 radical (unpaired) electrons. The van der Waals surface area contributed by atoms with E-state index < -0.39 is 5.82 Å². The molecular formula is C14H19FN2O3. The molecule has 0 aromatic heterocycles. The van der Waals surface area contributed by atoms with Gasteiger partial charge in [-0.1, -0.05) is 0 Å². The highest BCUT2D eigenvalue weighted by atomic mass is 19.1. The third-order valence-electron chi connectivity index (χ3n) is 2.87. The van der Waals surface area contributed by atoms with E-state index in [0.29, 0.717) is 18.7 Å². The molecular weight excluding hydrogens is 263 g/mol. The summed E-state index contributed by atoms with van der Waals surface area (Å²) < 4.78 is 18.3. The third kappa shape index (κ3) is 4.62. The number of nitrogens with zero attached hydrogens (tertiary/aromatic N) is 1. The quantitative estimate of drug-likeness (QED) is 0.760. The first-order valence-corrected chi connectivity index (χ1v) is 6.23. The van der Waals surface area contributed by atoms with Crippen LogP contribution in [0.4, 0.5) is 4.39 Å². The highest BCUT2D eigenvalue weighted by Gasteiger charge is 2.15. The van der Waals surface area contributed by atoms with Gasteiger partial charge in [-0.05, 0) is 25.2 Å². The number of carbonyl (C=O) groups is 2. The van der Waals surface area contributed by atoms with Gasteiger partial charge < -0.3 is 10.1 Å². The number of carbonyl (C=O) groups excluding carboxylic acids is 2. The van der Waals surface area contributed by atoms with Crippen LogP contribution in [0.5, 0.6) is 5.75 Å². The van der Waals surface area contributed by atoms with Crippen LogP contribution in [0.3, 0.4) is 0 Å². The SMILES string of the molecule is CNC(=O)CCN(C)CC(=O)c1cc(F)ccc1OC. The second-order valence-corrected chi connectivity index (χ2v) is 4.43. The largest absolute Gasteiger partial charge is 0.496 e. The van der Waals surface area contributed by atoms with Gasteiger partial charge in [0.05, 0.1) is 19.2 Å². The van der Waals surface area contributed by atoms with E-state index in [1.54, 1.807) is 19.0 Å². The summed E-state index contributed by atoms with van der Waals surface area (Å²) in [6, 6.07) is 3.83. The van der Waals surface area contributed by atoms with Gasteiger partial charge in [-0.25, -0.2) is 4.39 Å². The summed E-state index contributed by atoms with van der Waals surface area (Å²) >= 11 is 0. The van der Waals surface area contributed by atoms with Crippen LogP contribution >= 0.6 is 0 Å². The van der Waals surface area contributed by atoms with E-state index in [2.05, 4.69) is 5.32 Å². The Kier molecular flexibility index (Phi) is 6.11. The Morgan fingerprint density at radius 2 is 2.10 bits per heavy atom. The van der Waals surface area contributed by atoms with Gasteiger partial charge in [0.2, 0.25) is 5.91 Å². The number of Topliss-reactive ketones (excluding diaryl/α,β-unsaturated/α-hetero) is 1. The molecule has 110 valence electrons. The van der Waals surface area contributed by atoms with E-state index in [1.165, 1.54) is 19.2 Å². The van der Waals surface area contributed by atoms with Crippen molar-refractivity contribution in [3.8, 4) is 5.75 Å². The van der Waals surface area contributed by atoms with Crippen molar-refractivity contribution in [2.45, 2.75) is 6.42 Å². The number of hydrogen-bond acceptors (Lipinski definition) is 4. The zero-order chi connectivity index (χ0) is 15.1. The fourth-order valence-corrected chi connectivity index (χ4v) is 1.72. The number of halogens is 1. The molecule has 5 nitrogen and oxygen atoms in total. The minimum absolute atomic E-state index is 0.0902. The number of amides is 1. The summed E-state index contributed by atoms with van der Waals surface area (Å²) in [6.07, 6.45) is 0.306. The molecule has 0 atom stereocenters. The lowest BCUT2D eigenvalue weighted by atomic mass is 10.1. The van der Waals surface area contributed by atoms with Gasteiger partial charge in [0.1, 0.15) is 11.6 Å². The molecule has 1 amide bonds. The van der Waals surface area contributed by atoms with E-state index in [0.717, 1.165) is 6.07 Å². The van der Waals surface area contributed by atoms with Gasteiger partial charge in [0.25, 0.3) is 0 Å². The molecule has 0 saturated carbocycles. The zero-order valence-electron chi connectivity index (χ0n) is 11.9. The van der Waals surface area contributed by atoms with E-state index in [9.17, 15) is 14.0 Å². The Hall–Kier alpha value is -1.95. The van der Waals surface area contributed by atoms with Crippen LogP contribution in [-0.4, -0.2) is 50.9 Å². The maximum atomic E-state index is 13.2. The van der Waals surface area contributed by atoms with Crippen molar-refractivity contribution >= 4 is 11.7 Å². The first-order chi connectivity index (χ1) is 9.47. The maximum absolute atomic E-state index is 13.2. The highest BCUT2D eigenvalue weighted by molar-refractivity contribution is 6.00. The number of ether oxygens (including phenoxy) is 1. The van der Waals surface area contributed by atoms with Crippen molar-refractivity contribution in [3.63, 3.8) is 0 Å². The van der Waals surface area contributed by atoms with Crippen LogP contribution in [-0.2, 0) is 4.79 Å². The predicted molar refractivity (Wildman–Crippen MR) is 73.5 cm³/mol. The van der Waals surface area contributed by atoms with E-state index in [-0.39, 0.29) is 23.8 Å². The Labute approximate surface area is 117 Å². The Bertz CT molecular complexity index is 491. The second-order valence-electron chi connectivity index (χ2n) is 4.43. The summed E-state index contributed by atoms with van der Waals surface area (Å²) in [7, 11) is 4.72. The first-order valence-electron chi connectivity index (χ1n) is 6.23. The molecule has 0 spiro atoms. The summed E-state index contributed by atoms with van der Waals surface area (Å²) in [4.78, 5) is 24.9. The molecule has 0 aliphatic carbocycles. The lowest BCUT2D eigenvalue weighted by Gasteiger charge is -2.16. The van der Waals surface area contributed by atoms with Crippen molar-refractivity contribution < 1.29 is 18.7 Å². The van der Waals surface area contributed by atoms with Crippen molar-refractivity contribution in [2.75, 3.05) is 34.3 Å². The summed E-state index contributed by atoms with van der Waals surface area (Å²) in [6.45, 7) is 0.542. The van der Waals surface area contributed by atoms with Gasteiger partial charge in [0, 0.05) is 20.0 Å². The van der Waals surface area contributed by atoms with Gasteiger partial charge in [-0.2, -0.15) is 0 Å². The number of ketones is 1. The average molecular weight is 282 g/mol. The number of methoxy groups -OCH3 is 1. The summed E-state index contributed by atoms with van der Waals surface area (Å²) in [5, 5.41) is 2.51. The van der Waals surface area contributed by atoms with Crippen LogP contribution in [0.2, 0.25) is 0 Å². The topological polar surface area (TPSA) is 58.6 Å². The van der Waals surface area contributed by atoms with Crippen molar-refractivity contribution in [1.29, 1.82) is 0 Å². The van der Waals surface area contributed by atoms with E-state index in [4.69, 9.17) is 4.74 Å². The second kappa shape index (κ2) is 7.59. The molecule has 0 fully saturated rings. The smallest absolute Gasteiger partial charge is 0.221 e. The van der Waals surface area contributed by atoms with Crippen molar-refractivity contribution in [3.05, 3.63) is 29.6 Å². The zero-order valence-corrected chi connectivity index (χ0v) is 11.9.